The zero-order valence-corrected chi connectivity index (χ0v) is 18.5. The van der Waals surface area contributed by atoms with E-state index in [0.29, 0.717) is 11.8 Å². The smallest absolute Gasteiger partial charge is 0.336 e. The number of benzene rings is 2. The highest BCUT2D eigenvalue weighted by Crippen LogP contribution is 2.49. The minimum Gasteiger partial charge on any atom is -0.481 e. The van der Waals surface area contributed by atoms with Crippen LogP contribution in [-0.4, -0.2) is 69.0 Å². The van der Waals surface area contributed by atoms with Crippen LogP contribution in [-0.2, 0) is 14.4 Å². The molecule has 9 nitrogen and oxygen atoms in total. The number of hydrogen-bond donors (Lipinski definition) is 4. The van der Waals surface area contributed by atoms with Gasteiger partial charge in [-0.25, -0.2) is 4.79 Å². The molecule has 4 N–H and O–H groups in total. The lowest BCUT2D eigenvalue weighted by atomic mass is 9.84. The van der Waals surface area contributed by atoms with Crippen LogP contribution in [0.25, 0.3) is 0 Å². The Morgan fingerprint density at radius 1 is 0.970 bits per heavy atom. The summed E-state index contributed by atoms with van der Waals surface area (Å²) in [7, 11) is 2.18. The van der Waals surface area contributed by atoms with Crippen LogP contribution in [0.3, 0.4) is 0 Å². The van der Waals surface area contributed by atoms with E-state index >= 15 is 0 Å². The van der Waals surface area contributed by atoms with Gasteiger partial charge in [-0.1, -0.05) is 29.8 Å². The molecular formula is C23H24ClNO8. The molecular weight excluding hydrogens is 454 g/mol. The van der Waals surface area contributed by atoms with Gasteiger partial charge < -0.3 is 30.1 Å². The van der Waals surface area contributed by atoms with Crippen molar-refractivity contribution in [3.63, 3.8) is 0 Å². The van der Waals surface area contributed by atoms with Crippen molar-refractivity contribution in [2.45, 2.75) is 30.3 Å². The second-order valence-electron chi connectivity index (χ2n) is 8.23. The molecule has 176 valence electrons. The normalized spacial score (nSPS) is 19.0. The monoisotopic (exact) mass is 477 g/mol. The number of fused-ring (bicyclic) bond motifs is 5. The van der Waals surface area contributed by atoms with E-state index in [1.54, 1.807) is 0 Å². The van der Waals surface area contributed by atoms with E-state index in [-0.39, 0.29) is 0 Å². The Labute approximate surface area is 194 Å². The van der Waals surface area contributed by atoms with Crippen LogP contribution in [0.5, 0.6) is 11.5 Å². The van der Waals surface area contributed by atoms with Gasteiger partial charge in [0.2, 0.25) is 0 Å². The lowest BCUT2D eigenvalue weighted by molar-refractivity contribution is -0.170. The van der Waals surface area contributed by atoms with Crippen molar-refractivity contribution in [2.24, 2.45) is 0 Å². The van der Waals surface area contributed by atoms with Crippen molar-refractivity contribution >= 4 is 29.5 Å². The maximum atomic E-state index is 10.3. The van der Waals surface area contributed by atoms with Gasteiger partial charge in [0.25, 0.3) is 0 Å². The molecule has 1 fully saturated rings. The minimum absolute atomic E-state index is 0.456. The summed E-state index contributed by atoms with van der Waals surface area (Å²) >= 11 is 6.20. The highest BCUT2D eigenvalue weighted by Gasteiger charge is 2.41. The van der Waals surface area contributed by atoms with Gasteiger partial charge in [-0.05, 0) is 36.9 Å². The topological polar surface area (TPSA) is 145 Å². The van der Waals surface area contributed by atoms with Crippen molar-refractivity contribution in [1.29, 1.82) is 0 Å². The van der Waals surface area contributed by atoms with Crippen LogP contribution in [0.2, 0.25) is 5.02 Å². The van der Waals surface area contributed by atoms with Crippen molar-refractivity contribution in [3.05, 3.63) is 58.6 Å². The van der Waals surface area contributed by atoms with Crippen LogP contribution < -0.4 is 4.74 Å². The molecule has 0 spiro atoms. The number of rotatable bonds is 5. The number of aliphatic carboxylic acids is 3. The molecule has 0 amide bonds. The third-order valence-electron chi connectivity index (χ3n) is 5.70. The quantitative estimate of drug-likeness (QED) is 0.510. The molecule has 2 atom stereocenters. The number of ether oxygens (including phenoxy) is 1. The summed E-state index contributed by atoms with van der Waals surface area (Å²) < 4.78 is 6.15. The highest BCUT2D eigenvalue weighted by atomic mass is 35.5. The molecule has 0 unspecified atom stereocenters. The summed E-state index contributed by atoms with van der Waals surface area (Å²) in [4.78, 5) is 32.9. The van der Waals surface area contributed by atoms with Gasteiger partial charge in [0.05, 0.1) is 12.8 Å². The van der Waals surface area contributed by atoms with Crippen molar-refractivity contribution < 1.29 is 39.5 Å². The molecule has 2 heterocycles. The van der Waals surface area contributed by atoms with Crippen LogP contribution >= 0.6 is 11.6 Å². The average Bonchev–Trinajstić information content (AvgIpc) is 3.05. The Morgan fingerprint density at radius 3 is 2.09 bits per heavy atom. The molecule has 33 heavy (non-hydrogen) atoms. The summed E-state index contributed by atoms with van der Waals surface area (Å²) in [6.07, 6.45) is -2.29. The molecule has 0 aromatic heterocycles. The van der Waals surface area contributed by atoms with Crippen LogP contribution in [0.4, 0.5) is 0 Å². The predicted molar refractivity (Wildman–Crippen MR) is 118 cm³/mol. The average molecular weight is 478 g/mol. The highest BCUT2D eigenvalue weighted by molar-refractivity contribution is 6.30. The zero-order valence-electron chi connectivity index (χ0n) is 17.8. The van der Waals surface area contributed by atoms with Gasteiger partial charge in [0.15, 0.2) is 5.60 Å². The van der Waals surface area contributed by atoms with E-state index in [2.05, 4.69) is 36.2 Å². The molecule has 0 bridgehead atoms. The van der Waals surface area contributed by atoms with E-state index in [0.717, 1.165) is 29.6 Å². The van der Waals surface area contributed by atoms with E-state index in [4.69, 9.17) is 36.8 Å². The van der Waals surface area contributed by atoms with Crippen molar-refractivity contribution in [2.75, 3.05) is 20.1 Å². The van der Waals surface area contributed by atoms with E-state index < -0.39 is 36.4 Å². The van der Waals surface area contributed by atoms with Crippen molar-refractivity contribution in [3.8, 4) is 11.5 Å². The lowest BCUT2D eigenvalue weighted by Gasteiger charge is -2.18. The van der Waals surface area contributed by atoms with E-state index in [1.165, 1.54) is 11.1 Å². The fourth-order valence-electron chi connectivity index (χ4n) is 4.25. The number of likely N-dealkylation sites (tertiary alicyclic amines) is 1. The van der Waals surface area contributed by atoms with E-state index in [1.807, 2.05) is 18.2 Å². The second kappa shape index (κ2) is 9.78. The van der Waals surface area contributed by atoms with Gasteiger partial charge in [-0.2, -0.15) is 0 Å². The molecule has 10 heteroatoms. The van der Waals surface area contributed by atoms with Crippen LogP contribution in [0, 0.1) is 0 Å². The number of aliphatic hydroxyl groups is 1. The van der Waals surface area contributed by atoms with Gasteiger partial charge in [0.1, 0.15) is 11.5 Å². The number of carboxylic acids is 3. The first-order chi connectivity index (χ1) is 15.5. The molecule has 1 saturated heterocycles. The maximum Gasteiger partial charge on any atom is 0.336 e. The summed E-state index contributed by atoms with van der Waals surface area (Å²) in [5, 5.41) is 34.6. The Kier molecular flexibility index (Phi) is 7.26. The largest absolute Gasteiger partial charge is 0.481 e. The summed E-state index contributed by atoms with van der Waals surface area (Å²) in [6.45, 7) is 2.12. The number of hydrogen-bond acceptors (Lipinski definition) is 6. The number of para-hydroxylation sites is 1. The number of carboxylic acid groups (broad SMARTS) is 3. The van der Waals surface area contributed by atoms with Crippen molar-refractivity contribution in [1.82, 2.24) is 4.90 Å². The van der Waals surface area contributed by atoms with Gasteiger partial charge in [0, 0.05) is 35.5 Å². The predicted octanol–water partition coefficient (Wildman–Crippen LogP) is 3.01. The van der Waals surface area contributed by atoms with Gasteiger partial charge in [-0.3, -0.25) is 9.59 Å². The number of halogens is 1. The Bertz CT molecular complexity index is 1060. The summed E-state index contributed by atoms with van der Waals surface area (Å²) in [6, 6.07) is 14.4. The summed E-state index contributed by atoms with van der Waals surface area (Å²) in [5.74, 6) is -2.15. The molecule has 0 aliphatic carbocycles. The third-order valence-corrected chi connectivity index (χ3v) is 5.93. The van der Waals surface area contributed by atoms with E-state index in [9.17, 15) is 14.4 Å². The van der Waals surface area contributed by atoms with Gasteiger partial charge in [-0.15, -0.1) is 0 Å². The molecule has 2 aromatic carbocycles. The Morgan fingerprint density at radius 2 is 1.52 bits per heavy atom. The standard InChI is InChI=1S/C17H16ClNO.C6H8O7/c1-19-9-14-12-4-2-3-5-16(12)20-17-7-6-11(18)8-13(17)15(14)10-19;7-3(8)1-6(13,5(11)12)2-4(9)10/h2-8,14-15H,9-10H2,1H3;13H,1-2H2,(H,7,8)(H,9,10)(H,11,12)/t14-,15-;/m0./s1. The fraction of sp³-hybridized carbons (Fsp3) is 0.348. The Balaban J connectivity index is 0.000000207. The molecule has 2 aromatic rings. The number of carbonyl (C=O) groups is 3. The van der Waals surface area contributed by atoms with Gasteiger partial charge >= 0.3 is 17.9 Å². The fourth-order valence-corrected chi connectivity index (χ4v) is 4.43. The zero-order chi connectivity index (χ0) is 24.3. The molecule has 2 aliphatic rings. The third kappa shape index (κ3) is 5.62. The lowest BCUT2D eigenvalue weighted by Crippen LogP contribution is -2.42. The SMILES string of the molecule is CN1C[C@H]2c3ccccc3Oc3ccc(Cl)cc3[C@@H]2C1.O=C(O)CC(O)(CC(=O)O)C(=O)O. The maximum absolute atomic E-state index is 10.3. The van der Waals surface area contributed by atoms with Crippen LogP contribution in [0.1, 0.15) is 35.8 Å². The van der Waals surface area contributed by atoms with Crippen LogP contribution in [0.15, 0.2) is 42.5 Å². The molecule has 0 saturated carbocycles. The summed E-state index contributed by atoms with van der Waals surface area (Å²) in [5.41, 5.74) is -0.185. The minimum atomic E-state index is -2.74. The second-order valence-corrected chi connectivity index (χ2v) is 8.67. The number of likely N-dealkylation sites (N-methyl/N-ethyl adjacent to an activating group) is 1. The first-order valence-electron chi connectivity index (χ1n) is 10.1. The first-order valence-corrected chi connectivity index (χ1v) is 10.5. The molecule has 0 radical (unpaired) electrons. The first kappa shape index (κ1) is 24.5. The number of nitrogens with zero attached hydrogens (tertiary/aromatic N) is 1. The molecule has 2 aliphatic heterocycles. The Hall–Kier alpha value is -3.14. The molecule has 4 rings (SSSR count).